The van der Waals surface area contributed by atoms with Crippen molar-refractivity contribution in [1.29, 1.82) is 0 Å². The fourth-order valence-corrected chi connectivity index (χ4v) is 6.98. The number of cyclic esters (lactones) is 2. The van der Waals surface area contributed by atoms with Gasteiger partial charge in [0.2, 0.25) is 0 Å². The molecule has 8 aromatic rings. The van der Waals surface area contributed by atoms with E-state index in [4.69, 9.17) is 4.74 Å². The van der Waals surface area contributed by atoms with E-state index in [2.05, 4.69) is 108 Å². The van der Waals surface area contributed by atoms with Gasteiger partial charge in [-0.3, -0.25) is 0 Å². The molecule has 0 N–H and O–H groups in total. The van der Waals surface area contributed by atoms with Gasteiger partial charge in [-0.25, -0.2) is 9.59 Å². The Morgan fingerprint density at radius 1 is 0.364 bits per heavy atom. The van der Waals surface area contributed by atoms with Crippen LogP contribution in [-0.4, -0.2) is 11.9 Å². The Balaban J connectivity index is 1.24. The van der Waals surface area contributed by atoms with Crippen molar-refractivity contribution in [1.82, 2.24) is 0 Å². The maximum Gasteiger partial charge on any atom is 0.346 e. The van der Waals surface area contributed by atoms with Gasteiger partial charge in [0.1, 0.15) is 0 Å². The molecule has 0 fully saturated rings. The topological polar surface area (TPSA) is 46.6 Å². The molecule has 0 amide bonds. The van der Waals surface area contributed by atoms with Crippen LogP contribution in [0.5, 0.6) is 0 Å². The van der Waals surface area contributed by atoms with Crippen molar-refractivity contribution >= 4 is 72.1 Å². The van der Waals surface area contributed by atoms with Crippen molar-refractivity contribution in [3.63, 3.8) is 0 Å². The van der Waals surface area contributed by atoms with E-state index in [-0.39, 0.29) is 0 Å². The number of rotatable bonds is 4. The normalized spacial score (nSPS) is 12.8. The number of ether oxygens (including phenoxy) is 1. The Morgan fingerprint density at radius 2 is 0.841 bits per heavy atom. The fraction of sp³-hybridized carbons (Fsp3) is 0. The first-order valence-corrected chi connectivity index (χ1v) is 14.6. The minimum absolute atomic E-state index is 0.438. The third-order valence-corrected chi connectivity index (χ3v) is 8.87. The number of anilines is 3. The Bertz CT molecular complexity index is 2320. The van der Waals surface area contributed by atoms with Crippen LogP contribution >= 0.6 is 0 Å². The van der Waals surface area contributed by atoms with Gasteiger partial charge in [0.05, 0.1) is 11.1 Å². The van der Waals surface area contributed by atoms with Gasteiger partial charge >= 0.3 is 11.9 Å². The zero-order chi connectivity index (χ0) is 29.4. The molecule has 1 aliphatic rings. The second-order valence-electron chi connectivity index (χ2n) is 11.2. The van der Waals surface area contributed by atoms with E-state index in [9.17, 15) is 9.59 Å². The van der Waals surface area contributed by atoms with E-state index < -0.39 is 11.9 Å². The number of hydrogen-bond acceptors (Lipinski definition) is 4. The van der Waals surface area contributed by atoms with Gasteiger partial charge < -0.3 is 9.64 Å². The number of fused-ring (bicyclic) bond motifs is 2. The maximum atomic E-state index is 12.6. The Morgan fingerprint density at radius 3 is 1.43 bits per heavy atom. The summed E-state index contributed by atoms with van der Waals surface area (Å²) in [5.41, 5.74) is 6.43. The molecule has 0 radical (unpaired) electrons. The minimum atomic E-state index is -0.591. The average Bonchev–Trinajstić information content (AvgIpc) is 3.07. The van der Waals surface area contributed by atoms with E-state index in [0.717, 1.165) is 60.5 Å². The molecule has 9 rings (SSSR count). The van der Waals surface area contributed by atoms with Crippen LogP contribution < -0.4 is 4.90 Å². The molecule has 0 unspecified atom stereocenters. The van der Waals surface area contributed by atoms with Gasteiger partial charge in [-0.05, 0) is 97.4 Å². The van der Waals surface area contributed by atoms with Crippen molar-refractivity contribution < 1.29 is 14.3 Å². The van der Waals surface area contributed by atoms with Crippen molar-refractivity contribution in [2.45, 2.75) is 0 Å². The molecule has 0 aliphatic carbocycles. The summed E-state index contributed by atoms with van der Waals surface area (Å²) in [5.74, 6) is -1.18. The number of carbonyl (C=O) groups excluding carboxylic acids is 2. The molecular formula is C40H23NO3. The van der Waals surface area contributed by atoms with Crippen molar-refractivity contribution in [3.8, 4) is 11.1 Å². The van der Waals surface area contributed by atoms with Crippen LogP contribution in [0.25, 0.3) is 54.2 Å². The largest absolute Gasteiger partial charge is 0.386 e. The Kier molecular flexibility index (Phi) is 5.17. The first-order chi connectivity index (χ1) is 21.7. The molecule has 4 nitrogen and oxygen atoms in total. The van der Waals surface area contributed by atoms with E-state index in [1.54, 1.807) is 12.1 Å². The predicted molar refractivity (Wildman–Crippen MR) is 178 cm³/mol. The monoisotopic (exact) mass is 565 g/mol. The number of para-hydroxylation sites is 2. The summed E-state index contributed by atoms with van der Waals surface area (Å²) in [6.45, 7) is 0. The molecule has 1 heterocycles. The zero-order valence-corrected chi connectivity index (χ0v) is 23.5. The van der Waals surface area contributed by atoms with Gasteiger partial charge in [0.25, 0.3) is 0 Å². The number of hydrogen-bond donors (Lipinski definition) is 0. The molecule has 0 saturated heterocycles. The summed E-state index contributed by atoms with van der Waals surface area (Å²) in [7, 11) is 0. The van der Waals surface area contributed by atoms with E-state index in [1.807, 2.05) is 24.3 Å². The van der Waals surface area contributed by atoms with Crippen LogP contribution in [-0.2, 0) is 4.74 Å². The highest BCUT2D eigenvalue weighted by Crippen LogP contribution is 2.45. The van der Waals surface area contributed by atoms with Crippen LogP contribution in [0.15, 0.2) is 140 Å². The van der Waals surface area contributed by atoms with Gasteiger partial charge in [-0.15, -0.1) is 0 Å². The minimum Gasteiger partial charge on any atom is -0.386 e. The quantitative estimate of drug-likeness (QED) is 0.0922. The van der Waals surface area contributed by atoms with Crippen LogP contribution in [0.1, 0.15) is 20.7 Å². The molecule has 0 atom stereocenters. The predicted octanol–water partition coefficient (Wildman–Crippen LogP) is 10.2. The second kappa shape index (κ2) is 9.25. The molecule has 44 heavy (non-hydrogen) atoms. The number of carbonyl (C=O) groups is 2. The van der Waals surface area contributed by atoms with Gasteiger partial charge in [0, 0.05) is 22.4 Å². The number of nitrogens with zero attached hydrogens (tertiary/aromatic N) is 1. The fourth-order valence-electron chi connectivity index (χ4n) is 6.98. The van der Waals surface area contributed by atoms with Crippen molar-refractivity contribution in [3.05, 3.63) is 151 Å². The lowest BCUT2D eigenvalue weighted by Crippen LogP contribution is -2.19. The highest BCUT2D eigenvalue weighted by molar-refractivity contribution is 6.37. The molecule has 0 bridgehead atoms. The average molecular weight is 566 g/mol. The summed E-state index contributed by atoms with van der Waals surface area (Å²) in [6, 6.07) is 47.9. The third-order valence-electron chi connectivity index (χ3n) is 8.87. The molecule has 0 saturated carbocycles. The second-order valence-corrected chi connectivity index (χ2v) is 11.2. The van der Waals surface area contributed by atoms with Gasteiger partial charge in [-0.1, -0.05) is 91.0 Å². The number of benzene rings is 8. The van der Waals surface area contributed by atoms with E-state index in [0.29, 0.717) is 16.5 Å². The third kappa shape index (κ3) is 3.45. The lowest BCUT2D eigenvalue weighted by atomic mass is 9.84. The molecular weight excluding hydrogens is 542 g/mol. The highest BCUT2D eigenvalue weighted by atomic mass is 16.6. The molecule has 4 heteroatoms. The molecule has 8 aromatic carbocycles. The van der Waals surface area contributed by atoms with Crippen LogP contribution in [0, 0.1) is 0 Å². The van der Waals surface area contributed by atoms with Crippen molar-refractivity contribution in [2.24, 2.45) is 0 Å². The summed E-state index contributed by atoms with van der Waals surface area (Å²) in [4.78, 5) is 27.5. The van der Waals surface area contributed by atoms with Gasteiger partial charge in [0.15, 0.2) is 0 Å². The van der Waals surface area contributed by atoms with E-state index >= 15 is 0 Å². The summed E-state index contributed by atoms with van der Waals surface area (Å²) < 4.78 is 5.02. The molecule has 0 spiro atoms. The van der Waals surface area contributed by atoms with Crippen LogP contribution in [0.3, 0.4) is 0 Å². The Hall–Kier alpha value is -6.00. The Labute approximate surface area is 252 Å². The summed E-state index contributed by atoms with van der Waals surface area (Å²) in [5, 5.41) is 8.18. The van der Waals surface area contributed by atoms with Crippen LogP contribution in [0.4, 0.5) is 17.1 Å². The standard InChI is InChI=1S/C40H23NO3/c42-39-34-22-20-32-30-13-7-12-29-28(18-19-31(36(29)30)33-21-23-35(40(43)44-39)38(34)37(32)33)24-14-16-27(17-15-24)41(25-8-3-1-4-9-25)26-10-5-2-6-11-26/h1-23H. The molecule has 1 aliphatic heterocycles. The first kappa shape index (κ1) is 24.6. The SMILES string of the molecule is O=C1OC(=O)c2ccc3c4ccc(-c5ccc(N(c6ccccc6)c6ccccc6)cc5)c5cccc(c6ccc1c2c63)c54. The van der Waals surface area contributed by atoms with E-state index in [1.165, 1.54) is 5.39 Å². The highest BCUT2D eigenvalue weighted by Gasteiger charge is 2.29. The van der Waals surface area contributed by atoms with Crippen LogP contribution in [0.2, 0.25) is 0 Å². The molecule has 206 valence electrons. The van der Waals surface area contributed by atoms with Gasteiger partial charge in [-0.2, -0.15) is 0 Å². The van der Waals surface area contributed by atoms with Crippen molar-refractivity contribution in [2.75, 3.05) is 4.90 Å². The molecule has 0 aromatic heterocycles. The smallest absolute Gasteiger partial charge is 0.346 e. The summed E-state index contributed by atoms with van der Waals surface area (Å²) in [6.07, 6.45) is 0. The maximum absolute atomic E-state index is 12.6. The first-order valence-electron chi connectivity index (χ1n) is 14.6. The summed E-state index contributed by atoms with van der Waals surface area (Å²) >= 11 is 0. The lowest BCUT2D eigenvalue weighted by Gasteiger charge is -2.25. The lowest BCUT2D eigenvalue weighted by molar-refractivity contribution is 0.0391. The number of esters is 2. The zero-order valence-electron chi connectivity index (χ0n) is 23.5.